The lowest BCUT2D eigenvalue weighted by molar-refractivity contribution is -0.272. The normalized spacial score (nSPS) is 17.8. The van der Waals surface area contributed by atoms with Crippen molar-refractivity contribution in [2.24, 2.45) is 0 Å². The number of esters is 4. The summed E-state index contributed by atoms with van der Waals surface area (Å²) in [4.78, 5) is 117. The Kier molecular flexibility index (Phi) is 54.7. The number of aliphatic carboxylic acids is 1. The van der Waals surface area contributed by atoms with Crippen LogP contribution in [0.5, 0.6) is 0 Å². The number of aliphatic hydroxyl groups excluding tert-OH is 1. The van der Waals surface area contributed by atoms with Gasteiger partial charge in [-0.2, -0.15) is 0 Å². The number of amides is 2. The summed E-state index contributed by atoms with van der Waals surface area (Å²) in [5, 5.41) is 26.7. The Hall–Kier alpha value is -3.72. The first-order valence-corrected chi connectivity index (χ1v) is 39.1. The Labute approximate surface area is 566 Å². The monoisotopic (exact) mass is 1360 g/mol. The van der Waals surface area contributed by atoms with Crippen molar-refractivity contribution in [3.63, 3.8) is 0 Å². The summed E-state index contributed by atoms with van der Waals surface area (Å²) in [7, 11) is -5.55. The van der Waals surface area contributed by atoms with Gasteiger partial charge in [-0.3, -0.25) is 33.3 Å². The number of ether oxygens (including phenoxy) is 6. The number of hydrogen-bond acceptors (Lipinski definition) is 16. The molecule has 1 heterocycles. The van der Waals surface area contributed by atoms with Crippen molar-refractivity contribution in [3.05, 3.63) is 0 Å². The third-order valence-corrected chi connectivity index (χ3v) is 18.0. The molecule has 9 atom stereocenters. The van der Waals surface area contributed by atoms with Crippen LogP contribution in [0.3, 0.4) is 0 Å². The van der Waals surface area contributed by atoms with Gasteiger partial charge >= 0.3 is 37.7 Å². The van der Waals surface area contributed by atoms with E-state index in [-0.39, 0.29) is 32.1 Å². The molecule has 1 aliphatic rings. The van der Waals surface area contributed by atoms with E-state index in [0.717, 1.165) is 167 Å². The van der Waals surface area contributed by atoms with Crippen molar-refractivity contribution in [1.29, 1.82) is 0 Å². The molecule has 0 spiro atoms. The van der Waals surface area contributed by atoms with Crippen molar-refractivity contribution < 1.29 is 91.1 Å². The van der Waals surface area contributed by atoms with Gasteiger partial charge in [0.15, 0.2) is 18.4 Å². The van der Waals surface area contributed by atoms with Gasteiger partial charge in [0.05, 0.1) is 32.5 Å². The maximum absolute atomic E-state index is 14.7. The van der Waals surface area contributed by atoms with Crippen molar-refractivity contribution in [2.75, 3.05) is 13.2 Å². The SMILES string of the molecule is CCCCCCCCCCC[C@H](CC(=O)N[C@@H](COC1O[C@H](CO)[C@@H](OP(=O)(O)O)[C@H](OC(=O)C[C@@H](CCCCCCCCCCC)OC(=O)CCCCCC)[C@H]1NC(=O)C[C@@H](CCCCCCCCCCC)OC(=O)CCCCCC)C(=O)O)OC(=O)CCCCCC. The zero-order chi connectivity index (χ0) is 69.5. The zero-order valence-corrected chi connectivity index (χ0v) is 60.3. The van der Waals surface area contributed by atoms with Gasteiger partial charge in [-0.05, 0) is 57.8 Å². The van der Waals surface area contributed by atoms with Gasteiger partial charge in [0.2, 0.25) is 11.8 Å². The van der Waals surface area contributed by atoms with Gasteiger partial charge in [0, 0.05) is 19.3 Å². The molecule has 22 heteroatoms. The highest BCUT2D eigenvalue weighted by Crippen LogP contribution is 2.42. The van der Waals surface area contributed by atoms with Crippen LogP contribution >= 0.6 is 7.82 Å². The number of carboxylic acid groups (broad SMARTS) is 1. The average Bonchev–Trinajstić information content (AvgIpc) is 0.789. The van der Waals surface area contributed by atoms with Crippen LogP contribution in [0.2, 0.25) is 0 Å². The van der Waals surface area contributed by atoms with E-state index in [1.165, 1.54) is 44.9 Å². The maximum Gasteiger partial charge on any atom is 0.470 e. The molecule has 21 nitrogen and oxygen atoms in total. The standard InChI is InChI=1S/C72H133N2O19P/c1-7-13-19-25-28-31-34-37-40-46-57(88-64(78)49-43-22-16-10-4)52-62(76)73-60(71(82)83)56-87-72-68(74-63(77)53-58(89-65(79)50-44-23-17-11-5)47-41-38-35-32-29-26-20-14-8-2)70(69(61(55-75)91-72)93-94(84,85)86)92-67(81)54-59(90-66(80)51-45-24-18-12-6)48-42-39-36-33-30-27-21-15-9-3/h57-61,68-70,72,75H,7-56H2,1-6H3,(H,73,76)(H,74,77)(H,82,83)(H2,84,85,86)/t57-,58-,59-,60+,61-,68-,69-,70-,72?/m1/s1. The van der Waals surface area contributed by atoms with Crippen LogP contribution in [0.25, 0.3) is 0 Å². The fourth-order valence-corrected chi connectivity index (χ4v) is 12.5. The summed E-state index contributed by atoms with van der Waals surface area (Å²) >= 11 is 0. The lowest BCUT2D eigenvalue weighted by Gasteiger charge is -2.45. The molecule has 1 unspecified atom stereocenters. The molecule has 0 aromatic carbocycles. The lowest BCUT2D eigenvalue weighted by Crippen LogP contribution is -2.66. The van der Waals surface area contributed by atoms with Gasteiger partial charge in [-0.25, -0.2) is 9.36 Å². The van der Waals surface area contributed by atoms with Crippen LogP contribution in [0, 0.1) is 0 Å². The Bertz CT molecular complexity index is 2010. The van der Waals surface area contributed by atoms with Gasteiger partial charge in [0.25, 0.3) is 0 Å². The fraction of sp³-hybridized carbons (Fsp3) is 0.903. The van der Waals surface area contributed by atoms with Crippen LogP contribution < -0.4 is 10.6 Å². The first-order valence-electron chi connectivity index (χ1n) is 37.6. The molecule has 6 N–H and O–H groups in total. The van der Waals surface area contributed by atoms with Gasteiger partial charge < -0.3 is 59.1 Å². The second kappa shape index (κ2) is 58.3. The minimum atomic E-state index is -5.55. The van der Waals surface area contributed by atoms with Crippen molar-refractivity contribution in [2.45, 2.75) is 405 Å². The molecule has 550 valence electrons. The topological polar surface area (TPSA) is 306 Å². The van der Waals surface area contributed by atoms with Gasteiger partial charge in [-0.15, -0.1) is 0 Å². The molecule has 1 fully saturated rings. The first kappa shape index (κ1) is 88.3. The summed E-state index contributed by atoms with van der Waals surface area (Å²) in [5.41, 5.74) is 0. The smallest absolute Gasteiger partial charge is 0.470 e. The van der Waals surface area contributed by atoms with E-state index >= 15 is 0 Å². The number of aliphatic hydroxyl groups is 1. The third kappa shape index (κ3) is 47.3. The van der Waals surface area contributed by atoms with Crippen LogP contribution in [0.4, 0.5) is 0 Å². The molecule has 94 heavy (non-hydrogen) atoms. The van der Waals surface area contributed by atoms with E-state index in [4.69, 9.17) is 32.9 Å². The number of unbranched alkanes of at least 4 members (excludes halogenated alkanes) is 33. The Morgan fingerprint density at radius 2 is 0.766 bits per heavy atom. The third-order valence-electron chi connectivity index (χ3n) is 17.4. The van der Waals surface area contributed by atoms with E-state index in [0.29, 0.717) is 51.4 Å². The van der Waals surface area contributed by atoms with E-state index < -0.39 is 131 Å². The second-order valence-corrected chi connectivity index (χ2v) is 27.5. The Morgan fingerprint density at radius 1 is 0.436 bits per heavy atom. The number of phosphoric acid groups is 1. The number of carboxylic acids is 1. The quantitative estimate of drug-likeness (QED) is 0.0143. The maximum atomic E-state index is 14.7. The molecule has 0 bridgehead atoms. The molecule has 0 radical (unpaired) electrons. The molecule has 1 aliphatic heterocycles. The minimum absolute atomic E-state index is 0.117. The molecular formula is C72H133N2O19P. The van der Waals surface area contributed by atoms with Crippen molar-refractivity contribution >= 4 is 49.5 Å². The minimum Gasteiger partial charge on any atom is -0.480 e. The molecule has 0 aliphatic carbocycles. The number of hydrogen-bond donors (Lipinski definition) is 6. The van der Waals surface area contributed by atoms with Gasteiger partial charge in [0.1, 0.15) is 36.6 Å². The fourth-order valence-electron chi connectivity index (χ4n) is 11.9. The van der Waals surface area contributed by atoms with E-state index in [2.05, 4.69) is 52.2 Å². The highest BCUT2D eigenvalue weighted by atomic mass is 31.2. The van der Waals surface area contributed by atoms with Gasteiger partial charge in [-0.1, -0.05) is 253 Å². The summed E-state index contributed by atoms with van der Waals surface area (Å²) in [6.45, 7) is 10.8. The molecule has 0 aromatic rings. The molecule has 1 saturated heterocycles. The summed E-state index contributed by atoms with van der Waals surface area (Å²) in [6, 6.07) is -3.59. The predicted molar refractivity (Wildman–Crippen MR) is 365 cm³/mol. The predicted octanol–water partition coefficient (Wildman–Crippen LogP) is 15.7. The Balaban J connectivity index is 3.81. The zero-order valence-electron chi connectivity index (χ0n) is 59.4. The van der Waals surface area contributed by atoms with Crippen molar-refractivity contribution in [1.82, 2.24) is 10.6 Å². The molecule has 0 saturated carbocycles. The molecular weight excluding hydrogens is 1230 g/mol. The number of phosphoric ester groups is 1. The van der Waals surface area contributed by atoms with E-state index in [1.807, 2.05) is 0 Å². The van der Waals surface area contributed by atoms with E-state index in [1.54, 1.807) is 0 Å². The second-order valence-electron chi connectivity index (χ2n) is 26.4. The largest absolute Gasteiger partial charge is 0.480 e. The number of nitrogens with one attached hydrogen (secondary N) is 2. The molecule has 0 aromatic heterocycles. The molecule has 2 amide bonds. The van der Waals surface area contributed by atoms with Crippen LogP contribution in [-0.4, -0.2) is 130 Å². The number of carbonyl (C=O) groups is 7. The summed E-state index contributed by atoms with van der Waals surface area (Å²) < 4.78 is 54.2. The molecule has 1 rings (SSSR count). The van der Waals surface area contributed by atoms with E-state index in [9.17, 15) is 58.1 Å². The van der Waals surface area contributed by atoms with Crippen LogP contribution in [0.1, 0.15) is 350 Å². The van der Waals surface area contributed by atoms with Crippen LogP contribution in [0.15, 0.2) is 0 Å². The number of rotatable bonds is 64. The summed E-state index contributed by atoms with van der Waals surface area (Å²) in [6.07, 6.45) is 27.4. The lowest BCUT2D eigenvalue weighted by atomic mass is 9.95. The summed E-state index contributed by atoms with van der Waals surface area (Å²) in [5.74, 6) is -5.61. The highest BCUT2D eigenvalue weighted by Gasteiger charge is 2.52. The first-order chi connectivity index (χ1) is 45.3. The Morgan fingerprint density at radius 3 is 1.11 bits per heavy atom. The number of carbonyl (C=O) groups excluding carboxylic acids is 6. The van der Waals surface area contributed by atoms with Crippen LogP contribution in [-0.2, 0) is 71.1 Å². The average molecular weight is 1360 g/mol. The van der Waals surface area contributed by atoms with Crippen molar-refractivity contribution in [3.8, 4) is 0 Å². The highest BCUT2D eigenvalue weighted by molar-refractivity contribution is 7.46.